The summed E-state index contributed by atoms with van der Waals surface area (Å²) in [5.74, 6) is -1.29. The molecule has 33 heavy (non-hydrogen) atoms. The Morgan fingerprint density at radius 2 is 1.48 bits per heavy atom. The fourth-order valence-electron chi connectivity index (χ4n) is 2.49. The van der Waals surface area contributed by atoms with Crippen molar-refractivity contribution in [1.82, 2.24) is 5.32 Å². The lowest BCUT2D eigenvalue weighted by Crippen LogP contribution is -2.41. The molecule has 1 aromatic carbocycles. The van der Waals surface area contributed by atoms with Crippen molar-refractivity contribution in [2.45, 2.75) is 40.2 Å². The molecule has 0 aromatic heterocycles. The molecule has 0 aliphatic carbocycles. The van der Waals surface area contributed by atoms with Crippen LogP contribution in [0.3, 0.4) is 0 Å². The summed E-state index contributed by atoms with van der Waals surface area (Å²) in [4.78, 5) is 47.2. The van der Waals surface area contributed by atoms with Crippen LogP contribution in [0.5, 0.6) is 11.5 Å². The molecule has 0 spiro atoms. The van der Waals surface area contributed by atoms with Crippen molar-refractivity contribution in [2.24, 2.45) is 5.92 Å². The second-order valence-electron chi connectivity index (χ2n) is 6.91. The van der Waals surface area contributed by atoms with Gasteiger partial charge in [0.1, 0.15) is 12.6 Å². The molecule has 0 unspecified atom stereocenters. The van der Waals surface area contributed by atoms with Crippen LogP contribution in [-0.4, -0.2) is 63.8 Å². The molecule has 0 aliphatic rings. The molecular formula is C22H31NO10. The number of esters is 2. The number of carbonyl (C=O) groups excluding carboxylic acids is 4. The van der Waals surface area contributed by atoms with Crippen molar-refractivity contribution >= 4 is 24.2 Å². The van der Waals surface area contributed by atoms with E-state index in [1.807, 2.05) is 0 Å². The first-order chi connectivity index (χ1) is 15.7. The molecule has 0 bridgehead atoms. The third-order valence-electron chi connectivity index (χ3n) is 4.05. The Morgan fingerprint density at radius 3 is 2.03 bits per heavy atom. The number of benzene rings is 1. The van der Waals surface area contributed by atoms with Crippen LogP contribution >= 0.6 is 0 Å². The van der Waals surface area contributed by atoms with Gasteiger partial charge in [0.2, 0.25) is 0 Å². The molecule has 11 nitrogen and oxygen atoms in total. The molecule has 0 radical (unpaired) electrons. The number of hydrogen-bond acceptors (Lipinski definition) is 11. The maximum atomic E-state index is 12.2. The van der Waals surface area contributed by atoms with E-state index in [1.54, 1.807) is 33.8 Å². The Kier molecular flexibility index (Phi) is 12.3. The van der Waals surface area contributed by atoms with Gasteiger partial charge in [-0.25, -0.2) is 9.59 Å². The maximum Gasteiger partial charge on any atom is 0.513 e. The highest BCUT2D eigenvalue weighted by Gasteiger charge is 2.22. The highest BCUT2D eigenvalue weighted by Crippen LogP contribution is 2.30. The minimum absolute atomic E-state index is 0.0616. The number of ether oxygens (including phenoxy) is 6. The van der Waals surface area contributed by atoms with Gasteiger partial charge in [0.05, 0.1) is 26.2 Å². The Morgan fingerprint density at radius 1 is 0.879 bits per heavy atom. The summed E-state index contributed by atoms with van der Waals surface area (Å²) >= 11 is 0. The summed E-state index contributed by atoms with van der Waals surface area (Å²) in [6.07, 6.45) is -1.81. The van der Waals surface area contributed by atoms with Crippen LogP contribution in [-0.2, 0) is 35.0 Å². The van der Waals surface area contributed by atoms with Crippen molar-refractivity contribution in [3.63, 3.8) is 0 Å². The van der Waals surface area contributed by atoms with E-state index in [-0.39, 0.29) is 56.2 Å². The van der Waals surface area contributed by atoms with Crippen molar-refractivity contribution in [3.05, 3.63) is 23.8 Å². The molecule has 1 rings (SSSR count). The van der Waals surface area contributed by atoms with Crippen LogP contribution < -0.4 is 14.8 Å². The normalized spacial score (nSPS) is 11.3. The fraction of sp³-hybridized carbons (Fsp3) is 0.545. The standard InChI is InChI=1S/C22H31NO10/c1-6-29-21(26)32-17-9-8-15(13-18(17)33-22(27)30-7-2)12-16(20(25)28-5)23-10-11-31-19(24)14(3)4/h8-9,13-14,16,23H,6-7,10-12H2,1-5H3/t16-/m0/s1. The highest BCUT2D eigenvalue weighted by atomic mass is 16.7. The van der Waals surface area contributed by atoms with Crippen LogP contribution in [0.15, 0.2) is 18.2 Å². The number of rotatable bonds is 12. The average Bonchev–Trinajstić information content (AvgIpc) is 2.77. The average molecular weight is 469 g/mol. The molecular weight excluding hydrogens is 438 g/mol. The minimum atomic E-state index is -0.988. The van der Waals surface area contributed by atoms with Gasteiger partial charge in [0.15, 0.2) is 11.5 Å². The van der Waals surface area contributed by atoms with E-state index < -0.39 is 24.3 Å². The predicted octanol–water partition coefficient (Wildman–Crippen LogP) is 2.63. The van der Waals surface area contributed by atoms with Gasteiger partial charge >= 0.3 is 24.2 Å². The van der Waals surface area contributed by atoms with Gasteiger partial charge in [0, 0.05) is 6.54 Å². The topological polar surface area (TPSA) is 136 Å². The van der Waals surface area contributed by atoms with Gasteiger partial charge in [-0.05, 0) is 38.0 Å². The van der Waals surface area contributed by atoms with Gasteiger partial charge < -0.3 is 33.7 Å². The molecule has 0 saturated carbocycles. The zero-order valence-electron chi connectivity index (χ0n) is 19.5. The lowest BCUT2D eigenvalue weighted by atomic mass is 10.1. The molecule has 184 valence electrons. The number of methoxy groups -OCH3 is 1. The molecule has 1 aromatic rings. The Balaban J connectivity index is 2.96. The van der Waals surface area contributed by atoms with Crippen LogP contribution in [0.1, 0.15) is 33.3 Å². The molecule has 0 fully saturated rings. The first-order valence-electron chi connectivity index (χ1n) is 10.5. The first kappa shape index (κ1) is 27.7. The molecule has 0 aliphatic heterocycles. The molecule has 0 heterocycles. The molecule has 1 atom stereocenters. The van der Waals surface area contributed by atoms with E-state index in [9.17, 15) is 19.2 Å². The Hall–Kier alpha value is -3.34. The van der Waals surface area contributed by atoms with Crippen LogP contribution in [0.2, 0.25) is 0 Å². The summed E-state index contributed by atoms with van der Waals surface area (Å²) in [5.41, 5.74) is 0.563. The predicted molar refractivity (Wildman–Crippen MR) is 115 cm³/mol. The monoisotopic (exact) mass is 469 g/mol. The van der Waals surface area contributed by atoms with Crippen LogP contribution in [0.25, 0.3) is 0 Å². The molecule has 0 saturated heterocycles. The van der Waals surface area contributed by atoms with Gasteiger partial charge in [-0.3, -0.25) is 9.59 Å². The van der Waals surface area contributed by atoms with E-state index in [0.717, 1.165) is 0 Å². The Labute approximate surface area is 192 Å². The van der Waals surface area contributed by atoms with Gasteiger partial charge in [0.25, 0.3) is 0 Å². The van der Waals surface area contributed by atoms with Crippen molar-refractivity contribution in [3.8, 4) is 11.5 Å². The van der Waals surface area contributed by atoms with E-state index in [1.165, 1.54) is 19.2 Å². The SMILES string of the molecule is CCOC(=O)Oc1ccc(C[C@H](NCCOC(=O)C(C)C)C(=O)OC)cc1OC(=O)OCC. The van der Waals surface area contributed by atoms with E-state index in [4.69, 9.17) is 28.4 Å². The molecule has 0 amide bonds. The number of hydrogen-bond donors (Lipinski definition) is 1. The summed E-state index contributed by atoms with van der Waals surface area (Å²) in [7, 11) is 1.25. The molecule has 1 N–H and O–H groups in total. The fourth-order valence-corrected chi connectivity index (χ4v) is 2.49. The first-order valence-corrected chi connectivity index (χ1v) is 10.5. The third kappa shape index (κ3) is 10.2. The lowest BCUT2D eigenvalue weighted by molar-refractivity contribution is -0.147. The largest absolute Gasteiger partial charge is 0.513 e. The minimum Gasteiger partial charge on any atom is -0.468 e. The second-order valence-corrected chi connectivity index (χ2v) is 6.91. The summed E-state index contributed by atoms with van der Waals surface area (Å²) < 4.78 is 29.6. The summed E-state index contributed by atoms with van der Waals surface area (Å²) in [5, 5.41) is 2.97. The highest BCUT2D eigenvalue weighted by molar-refractivity contribution is 5.76. The lowest BCUT2D eigenvalue weighted by Gasteiger charge is -2.18. The summed E-state index contributed by atoms with van der Waals surface area (Å²) in [6, 6.07) is 3.64. The van der Waals surface area contributed by atoms with Gasteiger partial charge in [-0.2, -0.15) is 0 Å². The van der Waals surface area contributed by atoms with E-state index >= 15 is 0 Å². The number of carbonyl (C=O) groups is 4. The van der Waals surface area contributed by atoms with Gasteiger partial charge in [-0.15, -0.1) is 0 Å². The van der Waals surface area contributed by atoms with E-state index in [2.05, 4.69) is 5.32 Å². The van der Waals surface area contributed by atoms with Crippen molar-refractivity contribution < 1.29 is 47.6 Å². The van der Waals surface area contributed by atoms with Crippen molar-refractivity contribution in [1.29, 1.82) is 0 Å². The quantitative estimate of drug-likeness (QED) is 0.209. The smallest absolute Gasteiger partial charge is 0.468 e. The van der Waals surface area contributed by atoms with Crippen LogP contribution in [0, 0.1) is 5.92 Å². The van der Waals surface area contributed by atoms with Crippen molar-refractivity contribution in [2.75, 3.05) is 33.5 Å². The zero-order chi connectivity index (χ0) is 24.8. The van der Waals surface area contributed by atoms with Crippen LogP contribution in [0.4, 0.5) is 9.59 Å². The number of nitrogens with one attached hydrogen (secondary N) is 1. The zero-order valence-corrected chi connectivity index (χ0v) is 19.5. The second kappa shape index (κ2) is 14.7. The summed E-state index contributed by atoms with van der Waals surface area (Å²) in [6.45, 7) is 7.15. The van der Waals surface area contributed by atoms with Gasteiger partial charge in [-0.1, -0.05) is 19.9 Å². The third-order valence-corrected chi connectivity index (χ3v) is 4.05. The molecule has 11 heteroatoms. The van der Waals surface area contributed by atoms with E-state index in [0.29, 0.717) is 5.56 Å². The Bertz CT molecular complexity index is 808. The maximum absolute atomic E-state index is 12.2.